The van der Waals surface area contributed by atoms with Crippen LogP contribution in [0.2, 0.25) is 0 Å². The third kappa shape index (κ3) is 3.98. The maximum Gasteiger partial charge on any atom is 0.304 e. The zero-order chi connectivity index (χ0) is 12.0. The van der Waals surface area contributed by atoms with Crippen LogP contribution in [0.3, 0.4) is 0 Å². The highest BCUT2D eigenvalue weighted by molar-refractivity contribution is 7.84. The fourth-order valence-electron chi connectivity index (χ4n) is 1.16. The van der Waals surface area contributed by atoms with Crippen molar-refractivity contribution >= 4 is 16.8 Å². The Labute approximate surface area is 95.9 Å². The monoisotopic (exact) mass is 243 g/mol. The molecule has 88 valence electrons. The van der Waals surface area contributed by atoms with Crippen LogP contribution in [0.4, 0.5) is 0 Å². The highest BCUT2D eigenvalue weighted by Crippen LogP contribution is 2.15. The molecule has 1 N–H and O–H groups in total. The van der Waals surface area contributed by atoms with Gasteiger partial charge in [0.15, 0.2) is 0 Å². The summed E-state index contributed by atoms with van der Waals surface area (Å²) in [5.74, 6) is -0.0878. The van der Waals surface area contributed by atoms with E-state index in [2.05, 4.69) is 4.98 Å². The number of rotatable bonds is 6. The quantitative estimate of drug-likeness (QED) is 0.800. The Hall–Kier alpha value is -1.43. The van der Waals surface area contributed by atoms with Crippen molar-refractivity contribution < 1.29 is 18.8 Å². The van der Waals surface area contributed by atoms with E-state index >= 15 is 0 Å². The van der Waals surface area contributed by atoms with Crippen LogP contribution >= 0.6 is 0 Å². The van der Waals surface area contributed by atoms with Crippen LogP contribution < -0.4 is 4.74 Å². The summed E-state index contributed by atoms with van der Waals surface area (Å²) >= 11 is 0. The third-order valence-electron chi connectivity index (χ3n) is 1.90. The second-order valence-corrected chi connectivity index (χ2v) is 4.68. The molecular weight excluding hydrogens is 230 g/mol. The second-order valence-electron chi connectivity index (χ2n) is 3.10. The molecule has 0 saturated heterocycles. The van der Waals surface area contributed by atoms with Crippen molar-refractivity contribution in [3.8, 4) is 5.88 Å². The number of hydrogen-bond acceptors (Lipinski definition) is 4. The van der Waals surface area contributed by atoms with Crippen LogP contribution in [-0.4, -0.2) is 33.1 Å². The number of carboxylic acids is 1. The van der Waals surface area contributed by atoms with E-state index in [-0.39, 0.29) is 17.9 Å². The molecular formula is C10H13NO4S. The normalized spacial score (nSPS) is 12.1. The molecule has 1 aromatic rings. The van der Waals surface area contributed by atoms with Crippen molar-refractivity contribution in [3.63, 3.8) is 0 Å². The molecule has 0 spiro atoms. The molecule has 1 aromatic heterocycles. The van der Waals surface area contributed by atoms with Gasteiger partial charge in [-0.3, -0.25) is 9.00 Å². The Balaban J connectivity index is 2.58. The highest BCUT2D eigenvalue weighted by atomic mass is 32.2. The smallest absolute Gasteiger partial charge is 0.304 e. The van der Waals surface area contributed by atoms with E-state index in [4.69, 9.17) is 9.84 Å². The fraction of sp³-hybridized carbons (Fsp3) is 0.400. The van der Waals surface area contributed by atoms with E-state index in [1.54, 1.807) is 18.3 Å². The predicted octanol–water partition coefficient (Wildman–Crippen LogP) is 0.814. The van der Waals surface area contributed by atoms with Gasteiger partial charge in [-0.15, -0.1) is 0 Å². The van der Waals surface area contributed by atoms with Crippen LogP contribution in [-0.2, 0) is 21.3 Å². The first-order valence-corrected chi connectivity index (χ1v) is 6.17. The number of methoxy groups -OCH3 is 1. The Kier molecular flexibility index (Phi) is 4.91. The Morgan fingerprint density at radius 1 is 1.62 bits per heavy atom. The largest absolute Gasteiger partial charge is 0.481 e. The summed E-state index contributed by atoms with van der Waals surface area (Å²) in [6.45, 7) is 0. The topological polar surface area (TPSA) is 76.5 Å². The molecule has 1 heterocycles. The van der Waals surface area contributed by atoms with Gasteiger partial charge in [-0.1, -0.05) is 6.07 Å². The molecule has 0 aliphatic rings. The van der Waals surface area contributed by atoms with Gasteiger partial charge < -0.3 is 9.84 Å². The van der Waals surface area contributed by atoms with E-state index in [9.17, 15) is 9.00 Å². The molecule has 6 heteroatoms. The van der Waals surface area contributed by atoms with Gasteiger partial charge in [0.1, 0.15) is 0 Å². The lowest BCUT2D eigenvalue weighted by atomic mass is 10.3. The summed E-state index contributed by atoms with van der Waals surface area (Å²) in [5, 5.41) is 8.46. The zero-order valence-corrected chi connectivity index (χ0v) is 9.70. The van der Waals surface area contributed by atoms with Gasteiger partial charge in [-0.05, 0) is 6.07 Å². The SMILES string of the molecule is COc1ncccc1CS(=O)CCC(=O)O. The molecule has 1 atom stereocenters. The Morgan fingerprint density at radius 2 is 2.38 bits per heavy atom. The Bertz CT molecular complexity index is 394. The highest BCUT2D eigenvalue weighted by Gasteiger charge is 2.09. The predicted molar refractivity (Wildman–Crippen MR) is 59.8 cm³/mol. The van der Waals surface area contributed by atoms with E-state index in [0.29, 0.717) is 5.88 Å². The average Bonchev–Trinajstić information content (AvgIpc) is 2.27. The minimum absolute atomic E-state index is 0.0881. The fourth-order valence-corrected chi connectivity index (χ4v) is 2.28. The lowest BCUT2D eigenvalue weighted by Gasteiger charge is -2.05. The second kappa shape index (κ2) is 6.22. The molecule has 0 radical (unpaired) electrons. The van der Waals surface area contributed by atoms with Gasteiger partial charge in [-0.25, -0.2) is 4.98 Å². The van der Waals surface area contributed by atoms with Crippen molar-refractivity contribution in [1.29, 1.82) is 0 Å². The molecule has 0 aromatic carbocycles. The van der Waals surface area contributed by atoms with Crippen molar-refractivity contribution in [2.24, 2.45) is 0 Å². The third-order valence-corrected chi connectivity index (χ3v) is 3.20. The number of ether oxygens (including phenoxy) is 1. The molecule has 16 heavy (non-hydrogen) atoms. The van der Waals surface area contributed by atoms with Crippen molar-refractivity contribution in [2.45, 2.75) is 12.2 Å². The van der Waals surface area contributed by atoms with Gasteiger partial charge in [-0.2, -0.15) is 0 Å². The average molecular weight is 243 g/mol. The summed E-state index contributed by atoms with van der Waals surface area (Å²) < 4.78 is 16.6. The van der Waals surface area contributed by atoms with Crippen LogP contribution in [0.5, 0.6) is 5.88 Å². The minimum Gasteiger partial charge on any atom is -0.481 e. The van der Waals surface area contributed by atoms with E-state index in [0.717, 1.165) is 5.56 Å². The molecule has 5 nitrogen and oxygen atoms in total. The lowest BCUT2D eigenvalue weighted by Crippen LogP contribution is -2.07. The van der Waals surface area contributed by atoms with Gasteiger partial charge in [0.25, 0.3) is 0 Å². The number of aliphatic carboxylic acids is 1. The van der Waals surface area contributed by atoms with Crippen molar-refractivity contribution in [2.75, 3.05) is 12.9 Å². The van der Waals surface area contributed by atoms with E-state index in [1.165, 1.54) is 7.11 Å². The zero-order valence-electron chi connectivity index (χ0n) is 8.88. The van der Waals surface area contributed by atoms with Gasteiger partial charge in [0, 0.05) is 28.3 Å². The molecule has 0 bridgehead atoms. The molecule has 0 aliphatic carbocycles. The molecule has 0 saturated carbocycles. The van der Waals surface area contributed by atoms with Gasteiger partial charge in [0.2, 0.25) is 5.88 Å². The van der Waals surface area contributed by atoms with E-state index < -0.39 is 16.8 Å². The first kappa shape index (κ1) is 12.6. The maximum absolute atomic E-state index is 11.5. The maximum atomic E-state index is 11.5. The summed E-state index contributed by atoms with van der Waals surface area (Å²) in [6, 6.07) is 3.50. The van der Waals surface area contributed by atoms with Crippen LogP contribution in [0, 0.1) is 0 Å². The summed E-state index contributed by atoms with van der Waals surface area (Å²) in [7, 11) is 0.288. The molecule has 0 aliphatic heterocycles. The van der Waals surface area contributed by atoms with Gasteiger partial charge in [0.05, 0.1) is 19.3 Å². The van der Waals surface area contributed by atoms with Crippen LogP contribution in [0.15, 0.2) is 18.3 Å². The summed E-state index contributed by atoms with van der Waals surface area (Å²) in [4.78, 5) is 14.3. The van der Waals surface area contributed by atoms with E-state index in [1.807, 2.05) is 0 Å². The summed E-state index contributed by atoms with van der Waals surface area (Å²) in [6.07, 6.45) is 1.50. The number of nitrogens with zero attached hydrogens (tertiary/aromatic N) is 1. The number of carbonyl (C=O) groups is 1. The number of pyridine rings is 1. The van der Waals surface area contributed by atoms with Crippen molar-refractivity contribution in [1.82, 2.24) is 4.98 Å². The number of hydrogen-bond donors (Lipinski definition) is 1. The lowest BCUT2D eigenvalue weighted by molar-refractivity contribution is -0.136. The van der Waals surface area contributed by atoms with Crippen LogP contribution in [0.25, 0.3) is 0 Å². The first-order chi connectivity index (χ1) is 7.63. The molecule has 0 fully saturated rings. The number of aromatic nitrogens is 1. The van der Waals surface area contributed by atoms with Crippen LogP contribution in [0.1, 0.15) is 12.0 Å². The molecule has 1 rings (SSSR count). The van der Waals surface area contributed by atoms with Crippen molar-refractivity contribution in [3.05, 3.63) is 23.9 Å². The summed E-state index contributed by atoms with van der Waals surface area (Å²) in [5.41, 5.74) is 0.730. The minimum atomic E-state index is -1.20. The molecule has 1 unspecified atom stereocenters. The van der Waals surface area contributed by atoms with Gasteiger partial charge >= 0.3 is 5.97 Å². The number of carboxylic acid groups (broad SMARTS) is 1. The first-order valence-electron chi connectivity index (χ1n) is 4.68. The Morgan fingerprint density at radius 3 is 3.00 bits per heavy atom. The molecule has 0 amide bonds. The standard InChI is InChI=1S/C10H13NO4S/c1-15-10-8(3-2-5-11-10)7-16(14)6-4-9(12)13/h2-3,5H,4,6-7H2,1H3,(H,12,13).